The van der Waals surface area contributed by atoms with Gasteiger partial charge in [0.1, 0.15) is 5.82 Å². The number of aliphatic hydroxyl groups is 1. The second-order valence-electron chi connectivity index (χ2n) is 4.17. The van der Waals surface area contributed by atoms with Crippen molar-refractivity contribution in [3.63, 3.8) is 0 Å². The predicted octanol–water partition coefficient (Wildman–Crippen LogP) is 2.83. The maximum atomic E-state index is 13.0. The van der Waals surface area contributed by atoms with E-state index in [1.54, 1.807) is 16.9 Å². The van der Waals surface area contributed by atoms with Gasteiger partial charge in [0.15, 0.2) is 0 Å². The van der Waals surface area contributed by atoms with Crippen LogP contribution < -0.4 is 0 Å². The van der Waals surface area contributed by atoms with Crippen LogP contribution in [0.3, 0.4) is 0 Å². The molecular weight excluding hydrogens is 346 g/mol. The molecule has 2 rings (SSSR count). The number of rotatable bonds is 4. The monoisotopic (exact) mass is 360 g/mol. The Morgan fingerprint density at radius 1 is 1.44 bits per heavy atom. The highest BCUT2D eigenvalue weighted by Gasteiger charge is 2.12. The van der Waals surface area contributed by atoms with Gasteiger partial charge >= 0.3 is 0 Å². The molecule has 0 aliphatic heterocycles. The van der Waals surface area contributed by atoms with E-state index in [1.807, 2.05) is 35.7 Å². The summed E-state index contributed by atoms with van der Waals surface area (Å²) in [5.41, 5.74) is 1.85. The van der Waals surface area contributed by atoms with Gasteiger partial charge in [-0.2, -0.15) is 5.10 Å². The molecule has 0 saturated heterocycles. The molecule has 0 amide bonds. The minimum atomic E-state index is -0.576. The summed E-state index contributed by atoms with van der Waals surface area (Å²) in [5, 5.41) is 14.2. The summed E-state index contributed by atoms with van der Waals surface area (Å²) in [7, 11) is 1.88. The molecule has 0 aliphatic carbocycles. The molecule has 1 aromatic heterocycles. The van der Waals surface area contributed by atoms with Gasteiger partial charge in [-0.15, -0.1) is 0 Å². The summed E-state index contributed by atoms with van der Waals surface area (Å²) in [5.74, 6) is -0.276. The minimum absolute atomic E-state index is 0.276. The van der Waals surface area contributed by atoms with E-state index in [4.69, 9.17) is 0 Å². The Morgan fingerprint density at radius 2 is 2.22 bits per heavy atom. The van der Waals surface area contributed by atoms with E-state index < -0.39 is 6.10 Å². The lowest BCUT2D eigenvalue weighted by Crippen LogP contribution is -2.05. The molecule has 0 saturated carbocycles. The molecular formula is C13H14FIN2O. The smallest absolute Gasteiger partial charge is 0.124 e. The largest absolute Gasteiger partial charge is 0.388 e. The van der Waals surface area contributed by atoms with Crippen LogP contribution in [0, 0.1) is 9.39 Å². The lowest BCUT2D eigenvalue weighted by atomic mass is 10.0. The zero-order valence-corrected chi connectivity index (χ0v) is 12.1. The molecule has 1 atom stereocenters. The minimum Gasteiger partial charge on any atom is -0.388 e. The second kappa shape index (κ2) is 5.79. The Balaban J connectivity index is 2.03. The fraction of sp³-hybridized carbons (Fsp3) is 0.308. The number of halogens is 2. The van der Waals surface area contributed by atoms with Crippen LogP contribution in [0.4, 0.5) is 4.39 Å². The normalized spacial score (nSPS) is 12.7. The highest BCUT2D eigenvalue weighted by atomic mass is 127. The molecule has 0 aliphatic rings. The zero-order chi connectivity index (χ0) is 13.1. The van der Waals surface area contributed by atoms with Crippen molar-refractivity contribution in [2.45, 2.75) is 18.9 Å². The lowest BCUT2D eigenvalue weighted by molar-refractivity contribution is 0.166. The van der Waals surface area contributed by atoms with Gasteiger partial charge in [-0.05, 0) is 59.2 Å². The number of aliphatic hydroxyl groups excluding tert-OH is 1. The maximum Gasteiger partial charge on any atom is 0.124 e. The van der Waals surface area contributed by atoms with Crippen molar-refractivity contribution < 1.29 is 9.50 Å². The molecule has 1 heterocycles. The van der Waals surface area contributed by atoms with Gasteiger partial charge in [-0.3, -0.25) is 4.68 Å². The molecule has 1 aromatic carbocycles. The first-order chi connectivity index (χ1) is 8.58. The van der Waals surface area contributed by atoms with Crippen molar-refractivity contribution in [1.29, 1.82) is 0 Å². The van der Waals surface area contributed by atoms with Crippen LogP contribution >= 0.6 is 22.6 Å². The van der Waals surface area contributed by atoms with Crippen LogP contribution in [0.25, 0.3) is 0 Å². The van der Waals surface area contributed by atoms with Crippen molar-refractivity contribution in [1.82, 2.24) is 9.78 Å². The van der Waals surface area contributed by atoms with Crippen LogP contribution in [0.15, 0.2) is 30.5 Å². The van der Waals surface area contributed by atoms with E-state index >= 15 is 0 Å². The molecule has 0 bridgehead atoms. The average molecular weight is 360 g/mol. The summed E-state index contributed by atoms with van der Waals surface area (Å²) in [6.45, 7) is 0. The van der Waals surface area contributed by atoms with E-state index in [2.05, 4.69) is 5.10 Å². The van der Waals surface area contributed by atoms with Gasteiger partial charge in [0, 0.05) is 22.5 Å². The Morgan fingerprint density at radius 3 is 2.83 bits per heavy atom. The molecule has 0 spiro atoms. The fourth-order valence-corrected chi connectivity index (χ4v) is 2.70. The first-order valence-corrected chi connectivity index (χ1v) is 6.75. The first-order valence-electron chi connectivity index (χ1n) is 5.68. The number of hydrogen-bond acceptors (Lipinski definition) is 2. The predicted molar refractivity (Wildman–Crippen MR) is 75.6 cm³/mol. The molecule has 1 N–H and O–H groups in total. The highest BCUT2D eigenvalue weighted by Crippen LogP contribution is 2.24. The summed E-state index contributed by atoms with van der Waals surface area (Å²) < 4.78 is 15.5. The third-order valence-electron chi connectivity index (χ3n) is 2.92. The van der Waals surface area contributed by atoms with Gasteiger partial charge in [-0.25, -0.2) is 4.39 Å². The van der Waals surface area contributed by atoms with Gasteiger partial charge in [-0.1, -0.05) is 6.07 Å². The van der Waals surface area contributed by atoms with Crippen molar-refractivity contribution >= 4 is 22.6 Å². The molecule has 3 nitrogen and oxygen atoms in total. The van der Waals surface area contributed by atoms with Gasteiger partial charge in [0.25, 0.3) is 0 Å². The zero-order valence-electron chi connectivity index (χ0n) is 9.98. The van der Waals surface area contributed by atoms with Crippen molar-refractivity contribution in [2.75, 3.05) is 0 Å². The summed E-state index contributed by atoms with van der Waals surface area (Å²) in [4.78, 5) is 0. The molecule has 2 aromatic rings. The topological polar surface area (TPSA) is 38.0 Å². The third kappa shape index (κ3) is 3.08. The highest BCUT2D eigenvalue weighted by molar-refractivity contribution is 14.1. The van der Waals surface area contributed by atoms with E-state index in [-0.39, 0.29) is 5.82 Å². The number of benzene rings is 1. The van der Waals surface area contributed by atoms with Gasteiger partial charge in [0.2, 0.25) is 0 Å². The van der Waals surface area contributed by atoms with Crippen LogP contribution in [0.2, 0.25) is 0 Å². The number of aryl methyl sites for hydroxylation is 2. The van der Waals surface area contributed by atoms with E-state index in [1.165, 1.54) is 12.1 Å². The van der Waals surface area contributed by atoms with Crippen LogP contribution in [0.5, 0.6) is 0 Å². The van der Waals surface area contributed by atoms with E-state index in [0.29, 0.717) is 6.42 Å². The molecule has 96 valence electrons. The fourth-order valence-electron chi connectivity index (χ4n) is 1.86. The second-order valence-corrected chi connectivity index (χ2v) is 5.33. The quantitative estimate of drug-likeness (QED) is 0.852. The van der Waals surface area contributed by atoms with Crippen LogP contribution in [-0.2, 0) is 13.5 Å². The number of nitrogens with zero attached hydrogens (tertiary/aromatic N) is 2. The van der Waals surface area contributed by atoms with Gasteiger partial charge < -0.3 is 5.11 Å². The molecule has 5 heteroatoms. The van der Waals surface area contributed by atoms with E-state index in [9.17, 15) is 9.50 Å². The molecule has 0 radical (unpaired) electrons. The summed E-state index contributed by atoms with van der Waals surface area (Å²) in [6.07, 6.45) is 2.50. The maximum absolute atomic E-state index is 13.0. The number of hydrogen-bond donors (Lipinski definition) is 1. The molecule has 0 fully saturated rings. The summed E-state index contributed by atoms with van der Waals surface area (Å²) >= 11 is 2.04. The Bertz CT molecular complexity index is 542. The average Bonchev–Trinajstić information content (AvgIpc) is 2.72. The first kappa shape index (κ1) is 13.5. The Labute approximate surface area is 119 Å². The number of aromatic nitrogens is 2. The molecule has 1 unspecified atom stereocenters. The van der Waals surface area contributed by atoms with Crippen molar-refractivity contribution in [3.05, 3.63) is 51.1 Å². The summed E-state index contributed by atoms with van der Waals surface area (Å²) in [6, 6.07) is 6.39. The Hall–Kier alpha value is -0.950. The SMILES string of the molecule is Cn1nccc1CCC(O)c1ccc(F)cc1I. The van der Waals surface area contributed by atoms with Crippen molar-refractivity contribution in [2.24, 2.45) is 7.05 Å². The Kier molecular flexibility index (Phi) is 4.34. The lowest BCUT2D eigenvalue weighted by Gasteiger charge is -2.13. The van der Waals surface area contributed by atoms with Crippen LogP contribution in [0.1, 0.15) is 23.8 Å². The molecule has 18 heavy (non-hydrogen) atoms. The van der Waals surface area contributed by atoms with Crippen LogP contribution in [-0.4, -0.2) is 14.9 Å². The van der Waals surface area contributed by atoms with Gasteiger partial charge in [0.05, 0.1) is 6.10 Å². The van der Waals surface area contributed by atoms with Crippen molar-refractivity contribution in [3.8, 4) is 0 Å². The third-order valence-corrected chi connectivity index (χ3v) is 3.85. The van der Waals surface area contributed by atoms with E-state index in [0.717, 1.165) is 21.2 Å². The standard InChI is InChI=1S/C13H14FIN2O/c1-17-10(6-7-16-17)3-5-13(18)11-4-2-9(14)8-12(11)15/h2,4,6-8,13,18H,3,5H2,1H3.